The van der Waals surface area contributed by atoms with E-state index >= 15 is 0 Å². The van der Waals surface area contributed by atoms with Crippen LogP contribution in [0.3, 0.4) is 0 Å². The Morgan fingerprint density at radius 1 is 1.04 bits per heavy atom. The Hall–Kier alpha value is -1.06. The van der Waals surface area contributed by atoms with Gasteiger partial charge in [-0.3, -0.25) is 4.68 Å². The smallest absolute Gasteiger partial charge is 0.111 e. The zero-order valence-electron chi connectivity index (χ0n) is 13.5. The molecule has 0 spiro atoms. The van der Waals surface area contributed by atoms with Crippen LogP contribution in [0.4, 0.5) is 0 Å². The largest absolute Gasteiger partial charge is 0.394 e. The molecule has 1 aromatic heterocycles. The molecule has 1 saturated heterocycles. The third kappa shape index (κ3) is 4.95. The molecular weight excluding hydrogens is 302 g/mol. The van der Waals surface area contributed by atoms with Gasteiger partial charge in [0.2, 0.25) is 0 Å². The predicted octanol–water partition coefficient (Wildman–Crippen LogP) is -0.621. The molecular formula is C15H27N3O5. The normalized spacial score (nSPS) is 31.4. The molecule has 0 saturated carbocycles. The molecule has 0 amide bonds. The maximum absolute atomic E-state index is 9.94. The summed E-state index contributed by atoms with van der Waals surface area (Å²) in [6, 6.07) is 0. The molecule has 2 heterocycles. The van der Waals surface area contributed by atoms with Crippen molar-refractivity contribution in [2.24, 2.45) is 0 Å². The van der Waals surface area contributed by atoms with Crippen molar-refractivity contribution in [3.63, 3.8) is 0 Å². The van der Waals surface area contributed by atoms with Crippen LogP contribution in [0.15, 0.2) is 6.20 Å². The number of aromatic nitrogens is 3. The minimum atomic E-state index is -1.28. The Labute approximate surface area is 135 Å². The first-order valence-electron chi connectivity index (χ1n) is 8.20. The van der Waals surface area contributed by atoms with Gasteiger partial charge in [0.25, 0.3) is 0 Å². The van der Waals surface area contributed by atoms with Crippen molar-refractivity contribution in [3.05, 3.63) is 11.9 Å². The lowest BCUT2D eigenvalue weighted by atomic mass is 9.92. The molecule has 1 aliphatic rings. The Balaban J connectivity index is 1.63. The Morgan fingerprint density at radius 2 is 1.74 bits per heavy atom. The molecule has 8 heteroatoms. The lowest BCUT2D eigenvalue weighted by Crippen LogP contribution is -2.58. The summed E-state index contributed by atoms with van der Waals surface area (Å²) in [6.45, 7) is 2.36. The maximum atomic E-state index is 9.94. The molecule has 0 aromatic carbocycles. The molecule has 0 radical (unpaired) electrons. The number of nitrogens with zero attached hydrogens (tertiary/aromatic N) is 3. The van der Waals surface area contributed by atoms with Gasteiger partial charge in [0.05, 0.1) is 18.4 Å². The predicted molar refractivity (Wildman–Crippen MR) is 81.6 cm³/mol. The molecule has 8 nitrogen and oxygen atoms in total. The van der Waals surface area contributed by atoms with Gasteiger partial charge in [-0.05, 0) is 19.8 Å². The number of hydrogen-bond donors (Lipinski definition) is 4. The van der Waals surface area contributed by atoms with E-state index in [4.69, 9.17) is 9.84 Å². The van der Waals surface area contributed by atoms with E-state index in [0.29, 0.717) is 6.42 Å². The summed E-state index contributed by atoms with van der Waals surface area (Å²) in [5.74, 6) is 0. The van der Waals surface area contributed by atoms with E-state index in [1.807, 2.05) is 17.8 Å². The Kier molecular flexibility index (Phi) is 6.91. The van der Waals surface area contributed by atoms with Gasteiger partial charge < -0.3 is 25.2 Å². The molecule has 5 unspecified atom stereocenters. The third-order valence-electron chi connectivity index (χ3n) is 4.27. The fourth-order valence-electron chi connectivity index (χ4n) is 2.89. The molecule has 5 atom stereocenters. The molecule has 4 N–H and O–H groups in total. The Morgan fingerprint density at radius 3 is 2.39 bits per heavy atom. The van der Waals surface area contributed by atoms with Crippen molar-refractivity contribution in [2.45, 2.75) is 76.1 Å². The van der Waals surface area contributed by atoms with Crippen molar-refractivity contribution in [2.75, 3.05) is 6.61 Å². The van der Waals surface area contributed by atoms with Crippen molar-refractivity contribution < 1.29 is 25.2 Å². The van der Waals surface area contributed by atoms with Crippen LogP contribution in [-0.2, 0) is 11.3 Å². The highest BCUT2D eigenvalue weighted by Crippen LogP contribution is 2.24. The lowest BCUT2D eigenvalue weighted by molar-refractivity contribution is -0.230. The summed E-state index contributed by atoms with van der Waals surface area (Å²) in [5.41, 5.74) is 0.910. The highest BCUT2D eigenvalue weighted by molar-refractivity contribution is 4.91. The van der Waals surface area contributed by atoms with Crippen LogP contribution in [0.5, 0.6) is 0 Å². The monoisotopic (exact) mass is 329 g/mol. The van der Waals surface area contributed by atoms with Crippen molar-refractivity contribution in [3.8, 4) is 0 Å². The van der Waals surface area contributed by atoms with Gasteiger partial charge in [-0.15, -0.1) is 5.10 Å². The number of rotatable bonds is 8. The SMILES string of the molecule is Cc1cn(CCCCCCC2OC(CO)C(O)C(O)C2O)nn1. The highest BCUT2D eigenvalue weighted by Gasteiger charge is 2.42. The summed E-state index contributed by atoms with van der Waals surface area (Å²) >= 11 is 0. The summed E-state index contributed by atoms with van der Waals surface area (Å²) in [7, 11) is 0. The number of aliphatic hydroxyl groups excluding tert-OH is 4. The fourth-order valence-corrected chi connectivity index (χ4v) is 2.89. The first kappa shape index (κ1) is 18.3. The van der Waals surface area contributed by atoms with E-state index in [2.05, 4.69) is 10.3 Å². The van der Waals surface area contributed by atoms with Crippen molar-refractivity contribution in [1.29, 1.82) is 0 Å². The van der Waals surface area contributed by atoms with E-state index in [1.165, 1.54) is 0 Å². The van der Waals surface area contributed by atoms with Crippen molar-refractivity contribution in [1.82, 2.24) is 15.0 Å². The molecule has 0 aliphatic carbocycles. The van der Waals surface area contributed by atoms with Crippen LogP contribution in [0.1, 0.15) is 37.8 Å². The number of aliphatic hydroxyl groups is 4. The molecule has 132 valence electrons. The summed E-state index contributed by atoms with van der Waals surface area (Å²) in [4.78, 5) is 0. The maximum Gasteiger partial charge on any atom is 0.111 e. The van der Waals surface area contributed by atoms with Crippen LogP contribution in [-0.4, -0.2) is 72.5 Å². The van der Waals surface area contributed by atoms with Gasteiger partial charge in [-0.2, -0.15) is 0 Å². The second-order valence-electron chi connectivity index (χ2n) is 6.19. The fraction of sp³-hybridized carbons (Fsp3) is 0.867. The first-order valence-corrected chi connectivity index (χ1v) is 8.20. The van der Waals surface area contributed by atoms with Gasteiger partial charge >= 0.3 is 0 Å². The van der Waals surface area contributed by atoms with E-state index < -0.39 is 30.5 Å². The van der Waals surface area contributed by atoms with Gasteiger partial charge in [0, 0.05) is 12.7 Å². The van der Waals surface area contributed by atoms with Gasteiger partial charge in [-0.1, -0.05) is 24.5 Å². The topological polar surface area (TPSA) is 121 Å². The average Bonchev–Trinajstić information content (AvgIpc) is 2.95. The van der Waals surface area contributed by atoms with E-state index in [0.717, 1.165) is 37.9 Å². The van der Waals surface area contributed by atoms with Crippen LogP contribution in [0.2, 0.25) is 0 Å². The molecule has 1 aliphatic heterocycles. The van der Waals surface area contributed by atoms with Gasteiger partial charge in [-0.25, -0.2) is 0 Å². The number of hydrogen-bond acceptors (Lipinski definition) is 7. The van der Waals surface area contributed by atoms with Gasteiger partial charge in [0.1, 0.15) is 24.4 Å². The molecule has 2 rings (SSSR count). The minimum absolute atomic E-state index is 0.376. The van der Waals surface area contributed by atoms with E-state index in [1.54, 1.807) is 0 Å². The van der Waals surface area contributed by atoms with Crippen LogP contribution in [0, 0.1) is 6.92 Å². The van der Waals surface area contributed by atoms with E-state index in [9.17, 15) is 15.3 Å². The van der Waals surface area contributed by atoms with Crippen LogP contribution < -0.4 is 0 Å². The average molecular weight is 329 g/mol. The number of ether oxygens (including phenoxy) is 1. The number of aryl methyl sites for hydroxylation is 2. The van der Waals surface area contributed by atoms with Gasteiger partial charge in [0.15, 0.2) is 0 Å². The molecule has 23 heavy (non-hydrogen) atoms. The number of unbranched alkanes of at least 4 members (excludes halogenated alkanes) is 3. The Bertz CT molecular complexity index is 468. The third-order valence-corrected chi connectivity index (χ3v) is 4.27. The molecule has 1 fully saturated rings. The zero-order valence-corrected chi connectivity index (χ0v) is 13.5. The summed E-state index contributed by atoms with van der Waals surface area (Å²) in [6.07, 6.45) is 1.30. The van der Waals surface area contributed by atoms with E-state index in [-0.39, 0.29) is 6.61 Å². The standard InChI is InChI=1S/C15H27N3O5/c1-10-8-18(17-16-10)7-5-3-2-4-6-11-13(20)15(22)14(21)12(9-19)23-11/h8,11-15,19-22H,2-7,9H2,1H3. The summed E-state index contributed by atoms with van der Waals surface area (Å²) in [5, 5.41) is 46.5. The lowest BCUT2D eigenvalue weighted by Gasteiger charge is -2.40. The second kappa shape index (κ2) is 8.70. The quantitative estimate of drug-likeness (QED) is 0.469. The van der Waals surface area contributed by atoms with Crippen molar-refractivity contribution >= 4 is 0 Å². The minimum Gasteiger partial charge on any atom is -0.394 e. The van der Waals surface area contributed by atoms with Crippen LogP contribution >= 0.6 is 0 Å². The second-order valence-corrected chi connectivity index (χ2v) is 6.19. The van der Waals surface area contributed by atoms with Crippen LogP contribution in [0.25, 0.3) is 0 Å². The zero-order chi connectivity index (χ0) is 16.8. The molecule has 1 aromatic rings. The first-order chi connectivity index (χ1) is 11.0. The molecule has 0 bridgehead atoms. The summed E-state index contributed by atoms with van der Waals surface area (Å²) < 4.78 is 7.30. The highest BCUT2D eigenvalue weighted by atomic mass is 16.5.